The number of aromatic nitrogens is 4. The Kier molecular flexibility index (Phi) is 2.90. The van der Waals surface area contributed by atoms with Crippen LogP contribution in [0.5, 0.6) is 0 Å². The standard InChI is InChI=1S/C12H16N4Si/c1-15-10-12(8-13-15)16-9-11(7-14-16)5-6-17(2,3)4/h7-10H,1-4H3. The van der Waals surface area contributed by atoms with E-state index in [2.05, 4.69) is 41.3 Å². The van der Waals surface area contributed by atoms with Crippen LogP contribution in [0.4, 0.5) is 0 Å². The average molecular weight is 244 g/mol. The van der Waals surface area contributed by atoms with Gasteiger partial charge < -0.3 is 0 Å². The molecule has 0 saturated heterocycles. The van der Waals surface area contributed by atoms with E-state index >= 15 is 0 Å². The van der Waals surface area contributed by atoms with Crippen LogP contribution in [0.3, 0.4) is 0 Å². The van der Waals surface area contributed by atoms with Crippen LogP contribution in [0, 0.1) is 11.5 Å². The van der Waals surface area contributed by atoms with Gasteiger partial charge in [-0.3, -0.25) is 4.68 Å². The molecule has 0 radical (unpaired) electrons. The van der Waals surface area contributed by atoms with Gasteiger partial charge >= 0.3 is 0 Å². The minimum atomic E-state index is -1.32. The highest BCUT2D eigenvalue weighted by Gasteiger charge is 2.08. The summed E-state index contributed by atoms with van der Waals surface area (Å²) >= 11 is 0. The third-order valence-corrected chi connectivity index (χ3v) is 3.00. The van der Waals surface area contributed by atoms with Crippen LogP contribution in [-0.4, -0.2) is 27.6 Å². The van der Waals surface area contributed by atoms with Gasteiger partial charge in [0.1, 0.15) is 13.8 Å². The van der Waals surface area contributed by atoms with Gasteiger partial charge in [-0.05, 0) is 0 Å². The second kappa shape index (κ2) is 4.22. The summed E-state index contributed by atoms with van der Waals surface area (Å²) in [4.78, 5) is 0. The summed E-state index contributed by atoms with van der Waals surface area (Å²) in [5, 5.41) is 8.39. The Morgan fingerprint density at radius 1 is 1.12 bits per heavy atom. The summed E-state index contributed by atoms with van der Waals surface area (Å²) in [7, 11) is 0.567. The van der Waals surface area contributed by atoms with Gasteiger partial charge in [0.05, 0.1) is 24.2 Å². The van der Waals surface area contributed by atoms with Crippen LogP contribution in [0.15, 0.2) is 24.8 Å². The first-order chi connectivity index (χ1) is 7.94. The molecule has 0 aliphatic heterocycles. The quantitative estimate of drug-likeness (QED) is 0.567. The third-order valence-electron chi connectivity index (χ3n) is 2.12. The summed E-state index contributed by atoms with van der Waals surface area (Å²) in [6.07, 6.45) is 7.43. The van der Waals surface area contributed by atoms with E-state index < -0.39 is 8.07 Å². The maximum atomic E-state index is 4.28. The monoisotopic (exact) mass is 244 g/mol. The molecule has 2 aromatic heterocycles. The van der Waals surface area contributed by atoms with Gasteiger partial charge in [-0.15, -0.1) is 5.54 Å². The van der Waals surface area contributed by atoms with Gasteiger partial charge in [-0.1, -0.05) is 25.6 Å². The molecule has 0 fully saturated rings. The molecule has 2 aromatic rings. The van der Waals surface area contributed by atoms with E-state index in [0.29, 0.717) is 0 Å². The van der Waals surface area contributed by atoms with Crippen molar-refractivity contribution in [1.82, 2.24) is 19.6 Å². The van der Waals surface area contributed by atoms with Crippen molar-refractivity contribution in [3.63, 3.8) is 0 Å². The molecule has 0 aliphatic carbocycles. The number of aryl methyl sites for hydroxylation is 1. The Bertz CT molecular complexity index is 577. The molecule has 0 spiro atoms. The smallest absolute Gasteiger partial charge is 0.129 e. The maximum Gasteiger partial charge on any atom is 0.129 e. The number of hydrogen-bond donors (Lipinski definition) is 0. The summed E-state index contributed by atoms with van der Waals surface area (Å²) in [5.74, 6) is 3.18. The predicted molar refractivity (Wildman–Crippen MR) is 70.6 cm³/mol. The average Bonchev–Trinajstić information content (AvgIpc) is 2.81. The highest BCUT2D eigenvalue weighted by atomic mass is 28.3. The van der Waals surface area contributed by atoms with Gasteiger partial charge in [-0.25, -0.2) is 4.68 Å². The van der Waals surface area contributed by atoms with Gasteiger partial charge in [-0.2, -0.15) is 10.2 Å². The number of hydrogen-bond acceptors (Lipinski definition) is 2. The van der Waals surface area contributed by atoms with Gasteiger partial charge in [0.2, 0.25) is 0 Å². The van der Waals surface area contributed by atoms with Crippen molar-refractivity contribution in [3.8, 4) is 17.2 Å². The summed E-state index contributed by atoms with van der Waals surface area (Å²) < 4.78 is 3.55. The second-order valence-corrected chi connectivity index (χ2v) is 9.80. The summed E-state index contributed by atoms with van der Waals surface area (Å²) in [6.45, 7) is 6.68. The molecule has 5 heteroatoms. The molecule has 17 heavy (non-hydrogen) atoms. The fourth-order valence-corrected chi connectivity index (χ4v) is 1.83. The zero-order chi connectivity index (χ0) is 12.5. The maximum absolute atomic E-state index is 4.28. The zero-order valence-corrected chi connectivity index (χ0v) is 11.6. The van der Waals surface area contributed by atoms with Crippen molar-refractivity contribution >= 4 is 8.07 Å². The molecule has 0 amide bonds. The first-order valence-corrected chi connectivity index (χ1v) is 9.01. The van der Waals surface area contributed by atoms with Crippen LogP contribution >= 0.6 is 0 Å². The minimum absolute atomic E-state index is 0.952. The largest absolute Gasteiger partial charge is 0.274 e. The van der Waals surface area contributed by atoms with Crippen molar-refractivity contribution in [3.05, 3.63) is 30.4 Å². The van der Waals surface area contributed by atoms with E-state index in [1.807, 2.05) is 19.4 Å². The Morgan fingerprint density at radius 2 is 1.88 bits per heavy atom. The van der Waals surface area contributed by atoms with E-state index in [0.717, 1.165) is 11.3 Å². The van der Waals surface area contributed by atoms with Crippen LogP contribution < -0.4 is 0 Å². The Balaban J connectivity index is 2.24. The molecule has 0 unspecified atom stereocenters. The van der Waals surface area contributed by atoms with E-state index in [1.54, 1.807) is 21.8 Å². The molecule has 0 aliphatic rings. The molecule has 0 atom stereocenters. The van der Waals surface area contributed by atoms with Crippen LogP contribution in [-0.2, 0) is 7.05 Å². The van der Waals surface area contributed by atoms with Crippen molar-refractivity contribution in [1.29, 1.82) is 0 Å². The Hall–Kier alpha value is -1.80. The van der Waals surface area contributed by atoms with Crippen LogP contribution in [0.2, 0.25) is 19.6 Å². The molecular formula is C12H16N4Si. The highest BCUT2D eigenvalue weighted by Crippen LogP contribution is 2.06. The third kappa shape index (κ3) is 3.08. The molecule has 0 saturated carbocycles. The van der Waals surface area contributed by atoms with Gasteiger partial charge in [0.25, 0.3) is 0 Å². The molecule has 0 aromatic carbocycles. The molecule has 2 heterocycles. The molecule has 0 bridgehead atoms. The second-order valence-electron chi connectivity index (χ2n) is 5.05. The normalized spacial score (nSPS) is 11.1. The Morgan fingerprint density at radius 3 is 2.47 bits per heavy atom. The first-order valence-electron chi connectivity index (χ1n) is 5.51. The lowest BCUT2D eigenvalue weighted by atomic mass is 10.4. The van der Waals surface area contributed by atoms with Crippen molar-refractivity contribution in [2.24, 2.45) is 7.05 Å². The molecular weight excluding hydrogens is 228 g/mol. The van der Waals surface area contributed by atoms with Crippen molar-refractivity contribution < 1.29 is 0 Å². The lowest BCUT2D eigenvalue weighted by molar-refractivity contribution is 0.766. The van der Waals surface area contributed by atoms with E-state index in [4.69, 9.17) is 0 Å². The van der Waals surface area contributed by atoms with Crippen molar-refractivity contribution in [2.45, 2.75) is 19.6 Å². The first kappa shape index (κ1) is 11.7. The molecule has 88 valence electrons. The number of rotatable bonds is 1. The van der Waals surface area contributed by atoms with E-state index in [-0.39, 0.29) is 0 Å². The van der Waals surface area contributed by atoms with Gasteiger partial charge in [0.15, 0.2) is 0 Å². The molecule has 4 nitrogen and oxygen atoms in total. The SMILES string of the molecule is Cn1cc(-n2cc(C#C[Si](C)(C)C)cn2)cn1. The Labute approximate surface area is 102 Å². The highest BCUT2D eigenvalue weighted by molar-refractivity contribution is 6.83. The van der Waals surface area contributed by atoms with Crippen LogP contribution in [0.1, 0.15) is 5.56 Å². The minimum Gasteiger partial charge on any atom is -0.274 e. The number of nitrogens with zero attached hydrogens (tertiary/aromatic N) is 4. The van der Waals surface area contributed by atoms with Gasteiger partial charge in [0, 0.05) is 13.2 Å². The lowest BCUT2D eigenvalue weighted by Gasteiger charge is -2.02. The fourth-order valence-electron chi connectivity index (χ4n) is 1.31. The van der Waals surface area contributed by atoms with E-state index in [1.165, 1.54) is 0 Å². The molecule has 2 rings (SSSR count). The summed E-state index contributed by atoms with van der Waals surface area (Å²) in [6, 6.07) is 0. The topological polar surface area (TPSA) is 35.6 Å². The molecule has 0 N–H and O–H groups in total. The lowest BCUT2D eigenvalue weighted by Crippen LogP contribution is -2.16. The van der Waals surface area contributed by atoms with Crippen LogP contribution in [0.25, 0.3) is 5.69 Å². The van der Waals surface area contributed by atoms with E-state index in [9.17, 15) is 0 Å². The zero-order valence-electron chi connectivity index (χ0n) is 10.6. The fraction of sp³-hybridized carbons (Fsp3) is 0.333. The van der Waals surface area contributed by atoms with Crippen molar-refractivity contribution in [2.75, 3.05) is 0 Å². The predicted octanol–water partition coefficient (Wildman–Crippen LogP) is 1.83. The summed E-state index contributed by atoms with van der Waals surface area (Å²) in [5.41, 5.74) is 5.23.